The summed E-state index contributed by atoms with van der Waals surface area (Å²) < 4.78 is 1.17. The first kappa shape index (κ1) is 14.0. The number of nitrogens with zero attached hydrogens (tertiary/aromatic N) is 1. The molecule has 1 aliphatic heterocycles. The van der Waals surface area contributed by atoms with E-state index < -0.39 is 0 Å². The van der Waals surface area contributed by atoms with E-state index in [1.807, 2.05) is 0 Å². The predicted molar refractivity (Wildman–Crippen MR) is 80.8 cm³/mol. The van der Waals surface area contributed by atoms with E-state index in [1.54, 1.807) is 0 Å². The normalized spacial score (nSPS) is 22.6. The molecule has 1 aromatic rings. The van der Waals surface area contributed by atoms with Crippen LogP contribution in [0.2, 0.25) is 0 Å². The average molecular weight is 311 g/mol. The van der Waals surface area contributed by atoms with Gasteiger partial charge in [0.25, 0.3) is 0 Å². The number of hydrogen-bond acceptors (Lipinski definition) is 2. The maximum atomic E-state index is 3.64. The Hall–Kier alpha value is -0.380. The molecule has 0 spiro atoms. The highest BCUT2D eigenvalue weighted by molar-refractivity contribution is 9.10. The zero-order valence-corrected chi connectivity index (χ0v) is 13.1. The van der Waals surface area contributed by atoms with E-state index in [-0.39, 0.29) is 0 Å². The van der Waals surface area contributed by atoms with Gasteiger partial charge in [-0.05, 0) is 31.0 Å². The van der Waals surface area contributed by atoms with E-state index in [1.165, 1.54) is 23.0 Å². The molecule has 1 N–H and O–H groups in total. The van der Waals surface area contributed by atoms with E-state index in [0.717, 1.165) is 6.54 Å². The van der Waals surface area contributed by atoms with Crippen molar-refractivity contribution < 1.29 is 0 Å². The summed E-state index contributed by atoms with van der Waals surface area (Å²) in [6.07, 6.45) is 1.26. The fourth-order valence-electron chi connectivity index (χ4n) is 2.72. The molecule has 0 aliphatic carbocycles. The number of rotatable bonds is 4. The Bertz CT molecular complexity index is 392. The molecule has 0 bridgehead atoms. The summed E-state index contributed by atoms with van der Waals surface area (Å²) in [6.45, 7) is 9.10. The van der Waals surface area contributed by atoms with Crippen LogP contribution in [0.5, 0.6) is 0 Å². The highest BCUT2D eigenvalue weighted by Crippen LogP contribution is 2.26. The number of halogens is 1. The van der Waals surface area contributed by atoms with Crippen LogP contribution >= 0.6 is 15.9 Å². The molecule has 0 radical (unpaired) electrons. The first-order valence-electron chi connectivity index (χ1n) is 6.82. The third-order valence-electron chi connectivity index (χ3n) is 3.67. The average Bonchev–Trinajstić information content (AvgIpc) is 2.75. The Morgan fingerprint density at radius 2 is 2.11 bits per heavy atom. The molecule has 2 unspecified atom stereocenters. The van der Waals surface area contributed by atoms with Crippen molar-refractivity contribution in [3.8, 4) is 0 Å². The number of hydrogen-bond donors (Lipinski definition) is 1. The molecule has 1 saturated heterocycles. The predicted octanol–water partition coefficient (Wildman–Crippen LogP) is 3.58. The fraction of sp³-hybridized carbons (Fsp3) is 0.600. The van der Waals surface area contributed by atoms with E-state index in [9.17, 15) is 0 Å². The van der Waals surface area contributed by atoms with Gasteiger partial charge in [-0.25, -0.2) is 0 Å². The topological polar surface area (TPSA) is 15.3 Å². The van der Waals surface area contributed by atoms with E-state index in [0.29, 0.717) is 18.1 Å². The molecule has 18 heavy (non-hydrogen) atoms. The van der Waals surface area contributed by atoms with Crippen LogP contribution in [-0.2, 0) is 0 Å². The van der Waals surface area contributed by atoms with Crippen LogP contribution in [-0.4, -0.2) is 30.1 Å². The van der Waals surface area contributed by atoms with Crippen molar-refractivity contribution in [2.24, 2.45) is 0 Å². The molecule has 1 fully saturated rings. The maximum Gasteiger partial charge on any atom is 0.0320 e. The van der Waals surface area contributed by atoms with Gasteiger partial charge in [0.15, 0.2) is 0 Å². The molecule has 3 heteroatoms. The summed E-state index contributed by atoms with van der Waals surface area (Å²) in [5.74, 6) is 0. The van der Waals surface area contributed by atoms with Gasteiger partial charge < -0.3 is 5.32 Å². The Balaban J connectivity index is 1.97. The molecule has 2 nitrogen and oxygen atoms in total. The molecule has 0 saturated carbocycles. The second-order valence-electron chi connectivity index (χ2n) is 5.53. The van der Waals surface area contributed by atoms with E-state index >= 15 is 0 Å². The van der Waals surface area contributed by atoms with Crippen molar-refractivity contribution in [2.75, 3.05) is 13.1 Å². The molecule has 0 amide bonds. The third kappa shape index (κ3) is 3.56. The van der Waals surface area contributed by atoms with Gasteiger partial charge in [-0.2, -0.15) is 0 Å². The molecule has 2 rings (SSSR count). The van der Waals surface area contributed by atoms with Crippen LogP contribution in [0.15, 0.2) is 28.7 Å². The van der Waals surface area contributed by atoms with Crippen LogP contribution in [0.3, 0.4) is 0 Å². The summed E-state index contributed by atoms with van der Waals surface area (Å²) in [7, 11) is 0. The molecular formula is C15H23BrN2. The van der Waals surface area contributed by atoms with Crippen LogP contribution < -0.4 is 5.32 Å². The lowest BCUT2D eigenvalue weighted by Gasteiger charge is -2.25. The van der Waals surface area contributed by atoms with Crippen LogP contribution in [0.1, 0.15) is 38.8 Å². The van der Waals surface area contributed by atoms with Gasteiger partial charge in [-0.15, -0.1) is 0 Å². The molecule has 1 aliphatic rings. The summed E-state index contributed by atoms with van der Waals surface area (Å²) >= 11 is 3.55. The fourth-order valence-corrected chi connectivity index (χ4v) is 3.14. The molecule has 100 valence electrons. The largest absolute Gasteiger partial charge is 0.310 e. The molecule has 0 aromatic heterocycles. The lowest BCUT2D eigenvalue weighted by atomic mass is 10.1. The smallest absolute Gasteiger partial charge is 0.0320 e. The van der Waals surface area contributed by atoms with Gasteiger partial charge in [0.05, 0.1) is 0 Å². The zero-order chi connectivity index (χ0) is 13.1. The first-order valence-corrected chi connectivity index (χ1v) is 7.61. The molecule has 1 heterocycles. The monoisotopic (exact) mass is 310 g/mol. The van der Waals surface area contributed by atoms with Gasteiger partial charge in [-0.1, -0.05) is 41.9 Å². The lowest BCUT2D eigenvalue weighted by molar-refractivity contribution is 0.254. The molecule has 1 aromatic carbocycles. The van der Waals surface area contributed by atoms with Crippen molar-refractivity contribution in [2.45, 2.75) is 45.3 Å². The summed E-state index contributed by atoms with van der Waals surface area (Å²) in [4.78, 5) is 2.57. The highest BCUT2D eigenvalue weighted by Gasteiger charge is 2.26. The maximum absolute atomic E-state index is 3.64. The van der Waals surface area contributed by atoms with Crippen molar-refractivity contribution in [3.63, 3.8) is 0 Å². The second-order valence-corrected chi connectivity index (χ2v) is 6.45. The highest BCUT2D eigenvalue weighted by atomic mass is 79.9. The first-order chi connectivity index (χ1) is 8.56. The Morgan fingerprint density at radius 1 is 1.33 bits per heavy atom. The van der Waals surface area contributed by atoms with Crippen molar-refractivity contribution in [3.05, 3.63) is 34.3 Å². The van der Waals surface area contributed by atoms with Crippen molar-refractivity contribution in [1.29, 1.82) is 0 Å². The minimum Gasteiger partial charge on any atom is -0.310 e. The Kier molecular flexibility index (Phi) is 4.82. The van der Waals surface area contributed by atoms with E-state index in [2.05, 4.69) is 71.2 Å². The number of likely N-dealkylation sites (tertiary alicyclic amines) is 1. The third-order valence-corrected chi connectivity index (χ3v) is 4.16. The quantitative estimate of drug-likeness (QED) is 0.914. The Labute approximate surface area is 119 Å². The van der Waals surface area contributed by atoms with Gasteiger partial charge >= 0.3 is 0 Å². The summed E-state index contributed by atoms with van der Waals surface area (Å²) in [5, 5.41) is 3.64. The second kappa shape index (κ2) is 6.18. The summed E-state index contributed by atoms with van der Waals surface area (Å²) in [5.41, 5.74) is 1.40. The van der Waals surface area contributed by atoms with Crippen molar-refractivity contribution >= 4 is 15.9 Å². The van der Waals surface area contributed by atoms with Gasteiger partial charge in [0.1, 0.15) is 0 Å². The minimum absolute atomic E-state index is 0.501. The van der Waals surface area contributed by atoms with Crippen LogP contribution in [0.25, 0.3) is 0 Å². The van der Waals surface area contributed by atoms with Gasteiger partial charge in [0.2, 0.25) is 0 Å². The van der Waals surface area contributed by atoms with E-state index in [4.69, 9.17) is 0 Å². The SMILES string of the molecule is CC(C)NC1CCN(C(C)c2cccc(Br)c2)C1. The molecular weight excluding hydrogens is 288 g/mol. The Morgan fingerprint density at radius 3 is 2.78 bits per heavy atom. The number of benzene rings is 1. The summed E-state index contributed by atoms with van der Waals surface area (Å²) in [6, 6.07) is 10.4. The van der Waals surface area contributed by atoms with Crippen LogP contribution in [0, 0.1) is 0 Å². The lowest BCUT2D eigenvalue weighted by Crippen LogP contribution is -2.37. The molecule has 2 atom stereocenters. The minimum atomic E-state index is 0.501. The standard InChI is InChI=1S/C15H23BrN2/c1-11(2)17-15-7-8-18(10-15)12(3)13-5-4-6-14(16)9-13/h4-6,9,11-12,15,17H,7-8,10H2,1-3H3. The van der Waals surface area contributed by atoms with Gasteiger partial charge in [-0.3, -0.25) is 4.90 Å². The number of nitrogens with one attached hydrogen (secondary N) is 1. The van der Waals surface area contributed by atoms with Crippen LogP contribution in [0.4, 0.5) is 0 Å². The van der Waals surface area contributed by atoms with Crippen molar-refractivity contribution in [1.82, 2.24) is 10.2 Å². The zero-order valence-electron chi connectivity index (χ0n) is 11.5. The van der Waals surface area contributed by atoms with Gasteiger partial charge in [0, 0.05) is 35.7 Å².